The standard InChI is InChI=1S/C15H14ClFN2O/c1-9-6-12(4-5-13(9)16)20-8-11-3-2-10(15(18)19)7-14(11)17/h2-7H,8H2,1H3,(H3,18,19). The molecule has 0 radical (unpaired) electrons. The molecule has 0 amide bonds. The Labute approximate surface area is 121 Å². The molecule has 3 N–H and O–H groups in total. The monoisotopic (exact) mass is 292 g/mol. The molecule has 2 aromatic carbocycles. The van der Waals surface area contributed by atoms with E-state index in [-0.39, 0.29) is 12.4 Å². The molecule has 0 saturated carbocycles. The predicted molar refractivity (Wildman–Crippen MR) is 77.9 cm³/mol. The van der Waals surface area contributed by atoms with Crippen LogP contribution in [0.3, 0.4) is 0 Å². The van der Waals surface area contributed by atoms with E-state index in [0.717, 1.165) is 5.56 Å². The van der Waals surface area contributed by atoms with Crippen molar-refractivity contribution in [2.24, 2.45) is 5.73 Å². The van der Waals surface area contributed by atoms with E-state index in [9.17, 15) is 4.39 Å². The van der Waals surface area contributed by atoms with E-state index < -0.39 is 5.82 Å². The number of amidine groups is 1. The Morgan fingerprint density at radius 2 is 2.05 bits per heavy atom. The Hall–Kier alpha value is -2.07. The first kappa shape index (κ1) is 14.3. The van der Waals surface area contributed by atoms with Crippen LogP contribution in [0.1, 0.15) is 16.7 Å². The summed E-state index contributed by atoms with van der Waals surface area (Å²) < 4.78 is 19.3. The van der Waals surface area contributed by atoms with Crippen molar-refractivity contribution < 1.29 is 9.13 Å². The summed E-state index contributed by atoms with van der Waals surface area (Å²) in [5, 5.41) is 7.91. The third-order valence-electron chi connectivity index (χ3n) is 2.89. The van der Waals surface area contributed by atoms with Crippen LogP contribution in [0.4, 0.5) is 4.39 Å². The number of hydrogen-bond acceptors (Lipinski definition) is 2. The number of ether oxygens (including phenoxy) is 1. The van der Waals surface area contributed by atoms with Crippen LogP contribution < -0.4 is 10.5 Å². The smallest absolute Gasteiger partial charge is 0.130 e. The maximum absolute atomic E-state index is 13.8. The molecule has 0 heterocycles. The van der Waals surface area contributed by atoms with E-state index in [4.69, 9.17) is 27.5 Å². The van der Waals surface area contributed by atoms with Gasteiger partial charge in [0, 0.05) is 16.1 Å². The number of aryl methyl sites for hydroxylation is 1. The second-order valence-corrected chi connectivity index (χ2v) is 4.83. The molecule has 0 atom stereocenters. The lowest BCUT2D eigenvalue weighted by atomic mass is 10.1. The summed E-state index contributed by atoms with van der Waals surface area (Å²) in [5.41, 5.74) is 6.96. The number of rotatable bonds is 4. The molecule has 0 aliphatic heterocycles. The van der Waals surface area contributed by atoms with Gasteiger partial charge in [0.1, 0.15) is 24.0 Å². The van der Waals surface area contributed by atoms with Gasteiger partial charge >= 0.3 is 0 Å². The van der Waals surface area contributed by atoms with Crippen LogP contribution in [0.15, 0.2) is 36.4 Å². The van der Waals surface area contributed by atoms with Crippen LogP contribution in [0.25, 0.3) is 0 Å². The van der Waals surface area contributed by atoms with Crippen molar-refractivity contribution in [3.05, 3.63) is 63.9 Å². The van der Waals surface area contributed by atoms with Gasteiger partial charge < -0.3 is 10.5 Å². The van der Waals surface area contributed by atoms with Crippen LogP contribution in [0, 0.1) is 18.2 Å². The quantitative estimate of drug-likeness (QED) is 0.667. The summed E-state index contributed by atoms with van der Waals surface area (Å²) in [5.74, 6) is 0.0232. The molecule has 5 heteroatoms. The van der Waals surface area contributed by atoms with Gasteiger partial charge in [-0.05, 0) is 36.8 Å². The van der Waals surface area contributed by atoms with Crippen molar-refractivity contribution in [3.63, 3.8) is 0 Å². The Balaban J connectivity index is 2.10. The number of nitrogen functional groups attached to an aromatic ring is 1. The van der Waals surface area contributed by atoms with Crippen molar-refractivity contribution in [2.75, 3.05) is 0 Å². The fourth-order valence-electron chi connectivity index (χ4n) is 1.70. The van der Waals surface area contributed by atoms with Crippen LogP contribution in [-0.4, -0.2) is 5.84 Å². The molecule has 20 heavy (non-hydrogen) atoms. The van der Waals surface area contributed by atoms with Gasteiger partial charge in [0.05, 0.1) is 0 Å². The Kier molecular flexibility index (Phi) is 4.25. The fraction of sp³-hybridized carbons (Fsp3) is 0.133. The van der Waals surface area contributed by atoms with Gasteiger partial charge in [0.2, 0.25) is 0 Å². The molecule has 0 saturated heterocycles. The average Bonchev–Trinajstić information content (AvgIpc) is 2.41. The largest absolute Gasteiger partial charge is 0.489 e. The summed E-state index contributed by atoms with van der Waals surface area (Å²) in [4.78, 5) is 0. The summed E-state index contributed by atoms with van der Waals surface area (Å²) in [7, 11) is 0. The van der Waals surface area contributed by atoms with E-state index in [0.29, 0.717) is 21.9 Å². The van der Waals surface area contributed by atoms with E-state index in [1.807, 2.05) is 6.92 Å². The Morgan fingerprint density at radius 1 is 1.30 bits per heavy atom. The second-order valence-electron chi connectivity index (χ2n) is 4.42. The molecule has 2 aromatic rings. The van der Waals surface area contributed by atoms with Crippen molar-refractivity contribution in [1.82, 2.24) is 0 Å². The molecule has 0 aliphatic rings. The lowest BCUT2D eigenvalue weighted by Crippen LogP contribution is -2.12. The van der Waals surface area contributed by atoms with E-state index >= 15 is 0 Å². The maximum Gasteiger partial charge on any atom is 0.130 e. The molecule has 2 rings (SSSR count). The van der Waals surface area contributed by atoms with Crippen LogP contribution >= 0.6 is 11.6 Å². The van der Waals surface area contributed by atoms with Gasteiger partial charge in [0.25, 0.3) is 0 Å². The van der Waals surface area contributed by atoms with E-state index in [1.165, 1.54) is 6.07 Å². The number of halogens is 2. The van der Waals surface area contributed by atoms with Gasteiger partial charge in [0.15, 0.2) is 0 Å². The zero-order valence-corrected chi connectivity index (χ0v) is 11.7. The summed E-state index contributed by atoms with van der Waals surface area (Å²) in [6.07, 6.45) is 0. The fourth-order valence-corrected chi connectivity index (χ4v) is 1.82. The first-order chi connectivity index (χ1) is 9.47. The number of nitrogens with one attached hydrogen (secondary N) is 1. The summed E-state index contributed by atoms with van der Waals surface area (Å²) in [6.45, 7) is 1.97. The highest BCUT2D eigenvalue weighted by Crippen LogP contribution is 2.22. The highest BCUT2D eigenvalue weighted by Gasteiger charge is 2.06. The SMILES string of the molecule is Cc1cc(OCc2ccc(C(=N)N)cc2F)ccc1Cl. The molecule has 104 valence electrons. The molecule has 0 bridgehead atoms. The van der Waals surface area contributed by atoms with Gasteiger partial charge in [-0.3, -0.25) is 5.41 Å². The topological polar surface area (TPSA) is 59.1 Å². The van der Waals surface area contributed by atoms with Gasteiger partial charge in [-0.2, -0.15) is 0 Å². The van der Waals surface area contributed by atoms with Gasteiger partial charge in [-0.1, -0.05) is 23.7 Å². The number of nitrogens with two attached hydrogens (primary N) is 1. The lowest BCUT2D eigenvalue weighted by molar-refractivity contribution is 0.299. The maximum atomic E-state index is 13.8. The lowest BCUT2D eigenvalue weighted by Gasteiger charge is -2.09. The van der Waals surface area contributed by atoms with Crippen molar-refractivity contribution in [3.8, 4) is 5.75 Å². The minimum atomic E-state index is -0.441. The molecule has 0 spiro atoms. The highest BCUT2D eigenvalue weighted by atomic mass is 35.5. The highest BCUT2D eigenvalue weighted by molar-refractivity contribution is 6.31. The van der Waals surface area contributed by atoms with E-state index in [2.05, 4.69) is 0 Å². The molecular formula is C15H14ClFN2O. The zero-order chi connectivity index (χ0) is 14.7. The normalized spacial score (nSPS) is 10.3. The average molecular weight is 293 g/mol. The first-order valence-corrected chi connectivity index (χ1v) is 6.37. The minimum Gasteiger partial charge on any atom is -0.489 e. The van der Waals surface area contributed by atoms with E-state index in [1.54, 1.807) is 30.3 Å². The molecule has 0 aliphatic carbocycles. The van der Waals surface area contributed by atoms with Gasteiger partial charge in [-0.15, -0.1) is 0 Å². The molecular weight excluding hydrogens is 279 g/mol. The Morgan fingerprint density at radius 3 is 2.65 bits per heavy atom. The number of benzene rings is 2. The predicted octanol–water partition coefficient (Wildman–Crippen LogP) is 3.65. The molecule has 0 unspecified atom stereocenters. The third-order valence-corrected chi connectivity index (χ3v) is 3.31. The molecule has 3 nitrogen and oxygen atoms in total. The molecule has 0 aromatic heterocycles. The van der Waals surface area contributed by atoms with Crippen LogP contribution in [0.5, 0.6) is 5.75 Å². The molecule has 0 fully saturated rings. The first-order valence-electron chi connectivity index (χ1n) is 5.99. The Bertz CT molecular complexity index is 658. The second kappa shape index (κ2) is 5.92. The van der Waals surface area contributed by atoms with Crippen molar-refractivity contribution in [2.45, 2.75) is 13.5 Å². The summed E-state index contributed by atoms with van der Waals surface area (Å²) in [6, 6.07) is 9.66. The number of hydrogen-bond donors (Lipinski definition) is 2. The van der Waals surface area contributed by atoms with Gasteiger partial charge in [-0.25, -0.2) is 4.39 Å². The van der Waals surface area contributed by atoms with Crippen LogP contribution in [0.2, 0.25) is 5.02 Å². The van der Waals surface area contributed by atoms with Crippen molar-refractivity contribution >= 4 is 17.4 Å². The van der Waals surface area contributed by atoms with Crippen LogP contribution in [-0.2, 0) is 6.61 Å². The third kappa shape index (κ3) is 3.27. The summed E-state index contributed by atoms with van der Waals surface area (Å²) >= 11 is 5.92. The van der Waals surface area contributed by atoms with Crippen molar-refractivity contribution in [1.29, 1.82) is 5.41 Å². The zero-order valence-electron chi connectivity index (χ0n) is 10.9. The minimum absolute atomic E-state index is 0.102.